The van der Waals surface area contributed by atoms with Crippen LogP contribution in [0, 0.1) is 0 Å². The molecule has 0 bridgehead atoms. The van der Waals surface area contributed by atoms with Crippen molar-refractivity contribution >= 4 is 25.4 Å². The minimum absolute atomic E-state index is 0.373. The van der Waals surface area contributed by atoms with Gasteiger partial charge in [-0.05, 0) is 6.42 Å². The van der Waals surface area contributed by atoms with E-state index in [1.807, 2.05) is 0 Å². The second kappa shape index (κ2) is 5.70. The molecule has 0 saturated heterocycles. The zero-order valence-electron chi connectivity index (χ0n) is 4.21. The van der Waals surface area contributed by atoms with Crippen LogP contribution in [0.2, 0.25) is 12.6 Å². The van der Waals surface area contributed by atoms with Gasteiger partial charge in [0.1, 0.15) is 0 Å². The molecule has 0 radical (unpaired) electrons. The smallest absolute Gasteiger partial charge is 0.0167 e. The first-order chi connectivity index (χ1) is 2.91. The van der Waals surface area contributed by atoms with Gasteiger partial charge in [-0.2, -0.15) is 0 Å². The monoisotopic (exact) mass is 166 g/mol. The zero-order valence-corrected chi connectivity index (χ0v) is 7.21. The molecule has 0 aromatic heterocycles. The van der Waals surface area contributed by atoms with Crippen LogP contribution < -0.4 is 0 Å². The van der Waals surface area contributed by atoms with E-state index in [-0.39, 0.29) is 0 Å². The van der Waals surface area contributed by atoms with Gasteiger partial charge in [0, 0.05) is 14.8 Å². The molecule has 0 aliphatic heterocycles. The molecule has 0 aliphatic rings. The van der Waals surface area contributed by atoms with Crippen LogP contribution in [-0.4, -0.2) is 14.8 Å². The van der Waals surface area contributed by atoms with Gasteiger partial charge in [-0.3, -0.25) is 0 Å². The first-order valence-corrected chi connectivity index (χ1v) is 6.01. The van der Waals surface area contributed by atoms with Gasteiger partial charge in [-0.1, -0.05) is 28.5 Å². The van der Waals surface area contributed by atoms with Crippen molar-refractivity contribution in [1.29, 1.82) is 0 Å². The molecular formula is C4H11BrSi. The average molecular weight is 167 g/mol. The Hall–Kier alpha value is 0.697. The van der Waals surface area contributed by atoms with Crippen molar-refractivity contribution in [3.05, 3.63) is 0 Å². The highest BCUT2D eigenvalue weighted by Gasteiger charge is 1.77. The number of alkyl halides is 1. The van der Waals surface area contributed by atoms with E-state index in [1.165, 1.54) is 17.8 Å². The molecule has 0 heterocycles. The molecule has 0 unspecified atom stereocenters. The summed E-state index contributed by atoms with van der Waals surface area (Å²) in [7, 11) is 0.373. The maximum absolute atomic E-state index is 3.37. The summed E-state index contributed by atoms with van der Waals surface area (Å²) in [6.07, 6.45) is 1.39. The van der Waals surface area contributed by atoms with E-state index in [2.05, 4.69) is 22.5 Å². The SMILES string of the molecule is C[SiH2]CCCBr. The predicted octanol–water partition coefficient (Wildman–Crippen LogP) is 1.41. The number of hydrogen-bond donors (Lipinski definition) is 0. The van der Waals surface area contributed by atoms with Gasteiger partial charge in [0.25, 0.3) is 0 Å². The highest BCUT2D eigenvalue weighted by molar-refractivity contribution is 9.09. The van der Waals surface area contributed by atoms with Gasteiger partial charge in [0.15, 0.2) is 0 Å². The van der Waals surface area contributed by atoms with Crippen molar-refractivity contribution in [3.63, 3.8) is 0 Å². The molecule has 0 amide bonds. The molecule has 0 spiro atoms. The fourth-order valence-corrected chi connectivity index (χ4v) is 2.22. The standard InChI is InChI=1S/C4H11BrSi/c1-6-4-2-3-5/h2-4,6H2,1H3. The molecule has 0 aliphatic carbocycles. The van der Waals surface area contributed by atoms with E-state index >= 15 is 0 Å². The molecule has 0 N–H and O–H groups in total. The van der Waals surface area contributed by atoms with E-state index in [1.54, 1.807) is 0 Å². The minimum Gasteiger partial charge on any atom is -0.0928 e. The topological polar surface area (TPSA) is 0 Å². The quantitative estimate of drug-likeness (QED) is 0.338. The summed E-state index contributed by atoms with van der Waals surface area (Å²) in [4.78, 5) is 0. The third kappa shape index (κ3) is 4.70. The molecule has 6 heavy (non-hydrogen) atoms. The highest BCUT2D eigenvalue weighted by Crippen LogP contribution is 1.91. The Balaban J connectivity index is 2.34. The van der Waals surface area contributed by atoms with Gasteiger partial charge in [0.2, 0.25) is 0 Å². The van der Waals surface area contributed by atoms with Crippen molar-refractivity contribution < 1.29 is 0 Å². The lowest BCUT2D eigenvalue weighted by Crippen LogP contribution is -1.79. The first kappa shape index (κ1) is 6.70. The van der Waals surface area contributed by atoms with E-state index in [0.717, 1.165) is 0 Å². The van der Waals surface area contributed by atoms with E-state index in [4.69, 9.17) is 0 Å². The van der Waals surface area contributed by atoms with Crippen LogP contribution in [0.5, 0.6) is 0 Å². The summed E-state index contributed by atoms with van der Waals surface area (Å²) in [6, 6.07) is 1.51. The van der Waals surface area contributed by atoms with E-state index in [0.29, 0.717) is 9.52 Å². The van der Waals surface area contributed by atoms with Crippen molar-refractivity contribution in [2.45, 2.75) is 19.0 Å². The molecular weight excluding hydrogens is 156 g/mol. The average Bonchev–Trinajstić information content (AvgIpc) is 1.61. The Morgan fingerprint density at radius 3 is 2.50 bits per heavy atom. The lowest BCUT2D eigenvalue weighted by atomic mass is 10.6. The maximum atomic E-state index is 3.37. The fourth-order valence-electron chi connectivity index (χ4n) is 0.344. The van der Waals surface area contributed by atoms with E-state index in [9.17, 15) is 0 Å². The summed E-state index contributed by atoms with van der Waals surface area (Å²) in [5.41, 5.74) is 0. The summed E-state index contributed by atoms with van der Waals surface area (Å²) in [6.45, 7) is 2.35. The Morgan fingerprint density at radius 1 is 1.67 bits per heavy atom. The summed E-state index contributed by atoms with van der Waals surface area (Å²) < 4.78 is 0. The first-order valence-electron chi connectivity index (χ1n) is 2.47. The van der Waals surface area contributed by atoms with Crippen molar-refractivity contribution in [1.82, 2.24) is 0 Å². The van der Waals surface area contributed by atoms with Crippen molar-refractivity contribution in [2.24, 2.45) is 0 Å². The Bertz CT molecular complexity index is 19.5. The molecule has 38 valence electrons. The lowest BCUT2D eigenvalue weighted by molar-refractivity contribution is 1.10. The summed E-state index contributed by atoms with van der Waals surface area (Å²) in [5, 5.41) is 1.20. The Kier molecular flexibility index (Phi) is 6.36. The minimum atomic E-state index is 0.373. The van der Waals surface area contributed by atoms with Gasteiger partial charge in [-0.15, -0.1) is 0 Å². The predicted molar refractivity (Wildman–Crippen MR) is 37.6 cm³/mol. The zero-order chi connectivity index (χ0) is 4.83. The van der Waals surface area contributed by atoms with Gasteiger partial charge in [-0.25, -0.2) is 0 Å². The molecule has 0 atom stereocenters. The Morgan fingerprint density at radius 2 is 2.33 bits per heavy atom. The third-order valence-electron chi connectivity index (χ3n) is 0.737. The van der Waals surface area contributed by atoms with Gasteiger partial charge < -0.3 is 0 Å². The van der Waals surface area contributed by atoms with Crippen LogP contribution >= 0.6 is 15.9 Å². The number of rotatable bonds is 3. The van der Waals surface area contributed by atoms with Gasteiger partial charge in [0.05, 0.1) is 0 Å². The van der Waals surface area contributed by atoms with E-state index < -0.39 is 0 Å². The molecule has 0 saturated carbocycles. The molecule has 2 heteroatoms. The fraction of sp³-hybridized carbons (Fsp3) is 1.00. The van der Waals surface area contributed by atoms with Crippen LogP contribution in [0.3, 0.4) is 0 Å². The number of halogens is 1. The summed E-state index contributed by atoms with van der Waals surface area (Å²) in [5.74, 6) is 0. The van der Waals surface area contributed by atoms with Crippen LogP contribution in [-0.2, 0) is 0 Å². The van der Waals surface area contributed by atoms with Crippen LogP contribution in [0.25, 0.3) is 0 Å². The van der Waals surface area contributed by atoms with Crippen LogP contribution in [0.4, 0.5) is 0 Å². The second-order valence-corrected chi connectivity index (χ2v) is 3.90. The van der Waals surface area contributed by atoms with Crippen molar-refractivity contribution in [3.8, 4) is 0 Å². The molecule has 0 rings (SSSR count). The normalized spacial score (nSPS) is 11.0. The Labute approximate surface area is 50.3 Å². The van der Waals surface area contributed by atoms with Crippen LogP contribution in [0.15, 0.2) is 0 Å². The molecule has 0 fully saturated rings. The maximum Gasteiger partial charge on any atom is 0.0167 e. The third-order valence-corrected chi connectivity index (χ3v) is 2.51. The van der Waals surface area contributed by atoms with Crippen LogP contribution in [0.1, 0.15) is 6.42 Å². The largest absolute Gasteiger partial charge is 0.0928 e. The lowest BCUT2D eigenvalue weighted by Gasteiger charge is -1.84. The second-order valence-electron chi connectivity index (χ2n) is 1.40. The summed E-state index contributed by atoms with van der Waals surface area (Å²) >= 11 is 3.37. The molecule has 0 aromatic rings. The number of hydrogen-bond acceptors (Lipinski definition) is 0. The van der Waals surface area contributed by atoms with Gasteiger partial charge >= 0.3 is 0 Å². The molecule has 0 nitrogen and oxygen atoms in total. The molecule has 0 aromatic carbocycles. The highest BCUT2D eigenvalue weighted by atomic mass is 79.9. The van der Waals surface area contributed by atoms with Crippen molar-refractivity contribution in [2.75, 3.05) is 5.33 Å².